The van der Waals surface area contributed by atoms with Gasteiger partial charge in [-0.2, -0.15) is 23.4 Å². The van der Waals surface area contributed by atoms with Gasteiger partial charge in [-0.15, -0.1) is 0 Å². The molecule has 2 heterocycles. The third kappa shape index (κ3) is 4.35. The molecule has 0 radical (unpaired) electrons. The van der Waals surface area contributed by atoms with Crippen LogP contribution in [0.3, 0.4) is 0 Å². The maximum absolute atomic E-state index is 13.0. The zero-order valence-electron chi connectivity index (χ0n) is 16.9. The van der Waals surface area contributed by atoms with Gasteiger partial charge in [0.05, 0.1) is 34.3 Å². The Morgan fingerprint density at radius 3 is 2.33 bits per heavy atom. The molecule has 1 N–H and O–H groups in total. The third-order valence-corrected chi connectivity index (χ3v) is 5.38. The highest BCUT2D eigenvalue weighted by atomic mass is 35.5. The van der Waals surface area contributed by atoms with Crippen LogP contribution in [0.5, 0.6) is 0 Å². The van der Waals surface area contributed by atoms with E-state index in [0.717, 1.165) is 21.5 Å². The predicted octanol–water partition coefficient (Wildman–Crippen LogP) is 4.67. The van der Waals surface area contributed by atoms with Crippen molar-refractivity contribution in [1.29, 1.82) is 0 Å². The van der Waals surface area contributed by atoms with E-state index in [1.807, 2.05) is 38.1 Å². The third-order valence-electron chi connectivity index (χ3n) is 4.92. The zero-order chi connectivity index (χ0) is 22.2. The maximum Gasteiger partial charge on any atom is 0.436 e. The molecular formula is C20H21ClF3N5O. The molecule has 0 saturated heterocycles. The van der Waals surface area contributed by atoms with E-state index in [1.54, 1.807) is 11.6 Å². The first-order valence-electron chi connectivity index (χ1n) is 9.17. The van der Waals surface area contributed by atoms with E-state index in [9.17, 15) is 18.0 Å². The number of amides is 1. The molecule has 2 aromatic heterocycles. The number of carbonyl (C=O) groups is 1. The number of aromatic nitrogens is 4. The molecule has 10 heteroatoms. The second kappa shape index (κ2) is 8.14. The fourth-order valence-corrected chi connectivity index (χ4v) is 3.40. The maximum atomic E-state index is 13.0. The lowest BCUT2D eigenvalue weighted by Crippen LogP contribution is -2.21. The van der Waals surface area contributed by atoms with Gasteiger partial charge in [0.15, 0.2) is 5.69 Å². The Morgan fingerprint density at radius 1 is 1.07 bits per heavy atom. The minimum absolute atomic E-state index is 0.0721. The summed E-state index contributed by atoms with van der Waals surface area (Å²) in [4.78, 5) is 12.5. The molecule has 0 unspecified atom stereocenters. The van der Waals surface area contributed by atoms with E-state index in [4.69, 9.17) is 11.6 Å². The average molecular weight is 440 g/mol. The molecule has 0 atom stereocenters. The molecule has 0 fully saturated rings. The van der Waals surface area contributed by atoms with Gasteiger partial charge in [-0.25, -0.2) is 0 Å². The summed E-state index contributed by atoms with van der Waals surface area (Å²) in [7, 11) is 0. The van der Waals surface area contributed by atoms with E-state index in [2.05, 4.69) is 15.5 Å². The normalized spacial score (nSPS) is 11.7. The molecule has 0 saturated carbocycles. The number of nitrogens with zero attached hydrogens (tertiary/aromatic N) is 4. The monoisotopic (exact) mass is 439 g/mol. The van der Waals surface area contributed by atoms with E-state index >= 15 is 0 Å². The molecule has 1 amide bonds. The van der Waals surface area contributed by atoms with Gasteiger partial charge in [0, 0.05) is 0 Å². The first-order chi connectivity index (χ1) is 14.0. The second-order valence-electron chi connectivity index (χ2n) is 7.08. The summed E-state index contributed by atoms with van der Waals surface area (Å²) in [5.74, 6) is -0.521. The van der Waals surface area contributed by atoms with Crippen LogP contribution < -0.4 is 5.32 Å². The number of hydrogen-bond acceptors (Lipinski definition) is 3. The van der Waals surface area contributed by atoms with Crippen molar-refractivity contribution < 1.29 is 18.0 Å². The number of alkyl halides is 3. The van der Waals surface area contributed by atoms with Gasteiger partial charge >= 0.3 is 6.18 Å². The van der Waals surface area contributed by atoms with Gasteiger partial charge in [-0.3, -0.25) is 14.2 Å². The number of rotatable bonds is 5. The largest absolute Gasteiger partial charge is 0.436 e. The molecule has 0 bridgehead atoms. The summed E-state index contributed by atoms with van der Waals surface area (Å²) in [5.41, 5.74) is 2.98. The molecule has 0 aliphatic heterocycles. The van der Waals surface area contributed by atoms with Gasteiger partial charge in [-0.1, -0.05) is 35.9 Å². The Labute approximate surface area is 176 Å². The molecule has 1 aromatic carbocycles. The van der Waals surface area contributed by atoms with Gasteiger partial charge < -0.3 is 5.32 Å². The summed E-state index contributed by atoms with van der Waals surface area (Å²) in [5, 5.41) is 10.2. The number of hydrogen-bond donors (Lipinski definition) is 1. The highest BCUT2D eigenvalue weighted by Gasteiger charge is 2.38. The van der Waals surface area contributed by atoms with Crippen molar-refractivity contribution in [1.82, 2.24) is 19.6 Å². The standard InChI is InChI=1S/C20H21ClF3N5O/c1-11-7-5-6-8-15(11)9-28-14(4)18(12(2)26-28)25-16(30)10-29-13(3)17(21)19(27-29)20(22,23)24/h5-8H,9-10H2,1-4H3,(H,25,30). The Kier molecular flexibility index (Phi) is 5.94. The van der Waals surface area contributed by atoms with Crippen LogP contribution in [-0.4, -0.2) is 25.5 Å². The smallest absolute Gasteiger partial charge is 0.321 e. The fourth-order valence-electron chi connectivity index (χ4n) is 3.15. The van der Waals surface area contributed by atoms with E-state index in [1.165, 1.54) is 6.92 Å². The van der Waals surface area contributed by atoms with Crippen molar-refractivity contribution in [3.63, 3.8) is 0 Å². The Morgan fingerprint density at radius 2 is 1.73 bits per heavy atom. The van der Waals surface area contributed by atoms with E-state index < -0.39 is 29.3 Å². The number of benzene rings is 1. The number of nitrogens with one attached hydrogen (secondary N) is 1. The summed E-state index contributed by atoms with van der Waals surface area (Å²) in [6, 6.07) is 7.92. The van der Waals surface area contributed by atoms with Crippen LogP contribution in [0, 0.1) is 27.7 Å². The average Bonchev–Trinajstić information content (AvgIpc) is 3.08. The topological polar surface area (TPSA) is 64.7 Å². The van der Waals surface area contributed by atoms with Crippen molar-refractivity contribution in [3.8, 4) is 0 Å². The molecule has 30 heavy (non-hydrogen) atoms. The summed E-state index contributed by atoms with van der Waals surface area (Å²) >= 11 is 5.74. The van der Waals surface area contributed by atoms with Crippen molar-refractivity contribution in [2.24, 2.45) is 0 Å². The SMILES string of the molecule is Cc1ccccc1Cn1nc(C)c(NC(=O)Cn2nc(C(F)(F)F)c(Cl)c2C)c1C. The van der Waals surface area contributed by atoms with Crippen molar-refractivity contribution in [2.75, 3.05) is 5.32 Å². The van der Waals surface area contributed by atoms with E-state index in [-0.39, 0.29) is 5.69 Å². The van der Waals surface area contributed by atoms with Crippen molar-refractivity contribution in [2.45, 2.75) is 47.0 Å². The lowest BCUT2D eigenvalue weighted by atomic mass is 10.1. The Hall–Kier alpha value is -2.81. The van der Waals surface area contributed by atoms with Crippen LogP contribution in [0.25, 0.3) is 0 Å². The quantitative estimate of drug-likeness (QED) is 0.628. The Bertz CT molecular complexity index is 1100. The second-order valence-corrected chi connectivity index (χ2v) is 7.46. The number of anilines is 1. The zero-order valence-corrected chi connectivity index (χ0v) is 17.7. The van der Waals surface area contributed by atoms with Gasteiger partial charge in [0.25, 0.3) is 0 Å². The summed E-state index contributed by atoms with van der Waals surface area (Å²) in [6.45, 7) is 7.12. The van der Waals surface area contributed by atoms with Crippen LogP contribution in [0.1, 0.15) is 33.9 Å². The first-order valence-corrected chi connectivity index (χ1v) is 9.55. The molecule has 0 aliphatic rings. The number of halogens is 4. The first kappa shape index (κ1) is 21.9. The van der Waals surface area contributed by atoms with Crippen LogP contribution in [-0.2, 0) is 24.1 Å². The molecule has 3 rings (SSSR count). The van der Waals surface area contributed by atoms with Gasteiger partial charge in [-0.05, 0) is 38.8 Å². The van der Waals surface area contributed by atoms with Gasteiger partial charge in [0.2, 0.25) is 5.91 Å². The summed E-state index contributed by atoms with van der Waals surface area (Å²) < 4.78 is 41.6. The van der Waals surface area contributed by atoms with E-state index in [0.29, 0.717) is 17.9 Å². The highest BCUT2D eigenvalue weighted by Crippen LogP contribution is 2.35. The molecule has 0 spiro atoms. The molecular weight excluding hydrogens is 419 g/mol. The predicted molar refractivity (Wildman–Crippen MR) is 108 cm³/mol. The van der Waals surface area contributed by atoms with Crippen LogP contribution >= 0.6 is 11.6 Å². The van der Waals surface area contributed by atoms with Crippen LogP contribution in [0.2, 0.25) is 5.02 Å². The fraction of sp³-hybridized carbons (Fsp3) is 0.350. The van der Waals surface area contributed by atoms with Crippen molar-refractivity contribution in [3.05, 3.63) is 63.2 Å². The Balaban J connectivity index is 1.78. The van der Waals surface area contributed by atoms with Crippen molar-refractivity contribution >= 4 is 23.2 Å². The minimum Gasteiger partial charge on any atom is -0.321 e. The summed E-state index contributed by atoms with van der Waals surface area (Å²) in [6.07, 6.45) is -4.69. The lowest BCUT2D eigenvalue weighted by Gasteiger charge is -2.09. The molecule has 160 valence electrons. The minimum atomic E-state index is -4.69. The molecule has 0 aliphatic carbocycles. The molecule has 6 nitrogen and oxygen atoms in total. The van der Waals surface area contributed by atoms with Crippen LogP contribution in [0.15, 0.2) is 24.3 Å². The van der Waals surface area contributed by atoms with Crippen LogP contribution in [0.4, 0.5) is 18.9 Å². The molecule has 3 aromatic rings. The number of carbonyl (C=O) groups excluding carboxylic acids is 1. The van der Waals surface area contributed by atoms with Gasteiger partial charge in [0.1, 0.15) is 6.54 Å². The highest BCUT2D eigenvalue weighted by molar-refractivity contribution is 6.32. The number of aryl methyl sites for hydroxylation is 2. The lowest BCUT2D eigenvalue weighted by molar-refractivity contribution is -0.141.